The number of hydrogen-bond donors (Lipinski definition) is 4. The summed E-state index contributed by atoms with van der Waals surface area (Å²) in [4.78, 5) is 0. The smallest absolute Gasteiger partial charge is 0.134 e. The Morgan fingerprint density at radius 3 is 2.46 bits per heavy atom. The zero-order valence-corrected chi connectivity index (χ0v) is 8.07. The van der Waals surface area contributed by atoms with Crippen LogP contribution >= 0.6 is 11.8 Å². The molecular weight excluding hydrogens is 190 g/mol. The zero-order chi connectivity index (χ0) is 9.84. The first-order valence-electron chi connectivity index (χ1n) is 4.15. The third-order valence-electron chi connectivity index (χ3n) is 2.00. The molecule has 0 aliphatic carbocycles. The van der Waals surface area contributed by atoms with E-state index in [4.69, 9.17) is 5.11 Å². The van der Waals surface area contributed by atoms with Crippen LogP contribution in [-0.4, -0.2) is 51.3 Å². The fourth-order valence-corrected chi connectivity index (χ4v) is 2.12. The predicted octanol–water partition coefficient (Wildman–Crippen LogP) is -1.08. The van der Waals surface area contributed by atoms with Crippen LogP contribution < -0.4 is 5.32 Å². The maximum atomic E-state index is 9.42. The van der Waals surface area contributed by atoms with Crippen molar-refractivity contribution in [1.82, 2.24) is 5.32 Å². The van der Waals surface area contributed by atoms with E-state index in [0.717, 1.165) is 5.75 Å². The Morgan fingerprint density at radius 2 is 2.00 bits per heavy atom. The Hall–Kier alpha value is -0.0700. The normalized spacial score (nSPS) is 39.3. The van der Waals surface area contributed by atoms with Gasteiger partial charge in [0.2, 0.25) is 0 Å². The Morgan fingerprint density at radius 1 is 1.31 bits per heavy atom. The van der Waals surface area contributed by atoms with Crippen molar-refractivity contribution in [3.63, 3.8) is 0 Å². The molecule has 1 saturated heterocycles. The molecule has 0 bridgehead atoms. The molecule has 1 aliphatic rings. The summed E-state index contributed by atoms with van der Waals surface area (Å²) in [6, 6.07) is -0.241. The molecule has 3 unspecified atom stereocenters. The van der Waals surface area contributed by atoms with Gasteiger partial charge >= 0.3 is 0 Å². The van der Waals surface area contributed by atoms with Gasteiger partial charge in [0.1, 0.15) is 12.3 Å². The summed E-state index contributed by atoms with van der Waals surface area (Å²) in [5, 5.41) is 30.5. The van der Waals surface area contributed by atoms with E-state index in [-0.39, 0.29) is 6.04 Å². The lowest BCUT2D eigenvalue weighted by atomic mass is 10.1. The Bertz CT molecular complexity index is 179. The number of aliphatic hydroxyl groups is 3. The third-order valence-corrected chi connectivity index (χ3v) is 3.07. The molecule has 1 heterocycles. The van der Waals surface area contributed by atoms with Gasteiger partial charge in [0.15, 0.2) is 0 Å². The van der Waals surface area contributed by atoms with Crippen LogP contribution in [0.4, 0.5) is 0 Å². The SMILES string of the molecule is C=CCSC[C@H]1NC(O)C(O)C1O. The summed E-state index contributed by atoms with van der Waals surface area (Å²) in [5.74, 6) is 1.46. The van der Waals surface area contributed by atoms with Crippen molar-refractivity contribution in [3.8, 4) is 0 Å². The second-order valence-corrected chi connectivity index (χ2v) is 4.10. The number of rotatable bonds is 4. The molecule has 0 saturated carbocycles. The van der Waals surface area contributed by atoms with E-state index in [1.807, 2.05) is 0 Å². The molecule has 76 valence electrons. The van der Waals surface area contributed by atoms with Crippen molar-refractivity contribution >= 4 is 11.8 Å². The molecule has 4 nitrogen and oxygen atoms in total. The lowest BCUT2D eigenvalue weighted by molar-refractivity contribution is -0.0232. The van der Waals surface area contributed by atoms with Crippen LogP contribution in [0.1, 0.15) is 0 Å². The summed E-state index contributed by atoms with van der Waals surface area (Å²) in [7, 11) is 0. The maximum Gasteiger partial charge on any atom is 0.134 e. The van der Waals surface area contributed by atoms with Crippen molar-refractivity contribution in [2.45, 2.75) is 24.5 Å². The van der Waals surface area contributed by atoms with Gasteiger partial charge in [-0.1, -0.05) is 6.08 Å². The molecule has 5 heteroatoms. The summed E-state index contributed by atoms with van der Waals surface area (Å²) in [6.07, 6.45) is -1.19. The van der Waals surface area contributed by atoms with Gasteiger partial charge in [-0.2, -0.15) is 11.8 Å². The van der Waals surface area contributed by atoms with Crippen LogP contribution in [0.2, 0.25) is 0 Å². The zero-order valence-electron chi connectivity index (χ0n) is 7.26. The highest BCUT2D eigenvalue weighted by molar-refractivity contribution is 7.99. The van der Waals surface area contributed by atoms with Crippen molar-refractivity contribution in [1.29, 1.82) is 0 Å². The van der Waals surface area contributed by atoms with Gasteiger partial charge in [0.05, 0.1) is 6.10 Å². The Balaban J connectivity index is 2.31. The van der Waals surface area contributed by atoms with Gasteiger partial charge in [-0.3, -0.25) is 5.32 Å². The van der Waals surface area contributed by atoms with E-state index < -0.39 is 18.4 Å². The summed E-state index contributed by atoms with van der Waals surface area (Å²) < 4.78 is 0. The van der Waals surface area contributed by atoms with E-state index in [1.54, 1.807) is 17.8 Å². The van der Waals surface area contributed by atoms with Gasteiger partial charge in [-0.05, 0) is 0 Å². The van der Waals surface area contributed by atoms with Crippen LogP contribution in [0.3, 0.4) is 0 Å². The first kappa shape index (κ1) is 11.0. The highest BCUT2D eigenvalue weighted by atomic mass is 32.2. The summed E-state index contributed by atoms with van der Waals surface area (Å²) in [5.41, 5.74) is 0. The van der Waals surface area contributed by atoms with Crippen molar-refractivity contribution in [2.75, 3.05) is 11.5 Å². The van der Waals surface area contributed by atoms with Crippen LogP contribution in [0.5, 0.6) is 0 Å². The minimum absolute atomic E-state index is 0.241. The molecule has 0 radical (unpaired) electrons. The summed E-state index contributed by atoms with van der Waals surface area (Å²) >= 11 is 1.60. The van der Waals surface area contributed by atoms with Crippen LogP contribution in [-0.2, 0) is 0 Å². The van der Waals surface area contributed by atoms with E-state index >= 15 is 0 Å². The van der Waals surface area contributed by atoms with Gasteiger partial charge in [-0.15, -0.1) is 6.58 Å². The average Bonchev–Trinajstić information content (AvgIpc) is 2.34. The third kappa shape index (κ3) is 2.69. The lowest BCUT2D eigenvalue weighted by Crippen LogP contribution is -2.35. The van der Waals surface area contributed by atoms with Crippen LogP contribution in [0.15, 0.2) is 12.7 Å². The minimum Gasteiger partial charge on any atom is -0.389 e. The maximum absolute atomic E-state index is 9.42. The van der Waals surface area contributed by atoms with Crippen molar-refractivity contribution in [2.24, 2.45) is 0 Å². The molecule has 1 fully saturated rings. The number of hydrogen-bond acceptors (Lipinski definition) is 5. The lowest BCUT2D eigenvalue weighted by Gasteiger charge is -2.14. The molecule has 0 aromatic rings. The van der Waals surface area contributed by atoms with Gasteiger partial charge in [0, 0.05) is 17.5 Å². The molecule has 1 rings (SSSR count). The average molecular weight is 205 g/mol. The van der Waals surface area contributed by atoms with Crippen LogP contribution in [0, 0.1) is 0 Å². The standard InChI is InChI=1S/C8H15NO3S/c1-2-3-13-4-5-6(10)7(11)8(12)9-5/h2,5-12H,1,3-4H2/t5-,6?,7?,8?/m1/s1. The highest BCUT2D eigenvalue weighted by Gasteiger charge is 2.39. The highest BCUT2D eigenvalue weighted by Crippen LogP contribution is 2.16. The monoisotopic (exact) mass is 205 g/mol. The second-order valence-electron chi connectivity index (χ2n) is 3.03. The Kier molecular flexibility index (Phi) is 4.21. The molecule has 0 amide bonds. The predicted molar refractivity (Wildman–Crippen MR) is 52.5 cm³/mol. The topological polar surface area (TPSA) is 72.7 Å². The first-order valence-corrected chi connectivity index (χ1v) is 5.31. The van der Waals surface area contributed by atoms with Gasteiger partial charge in [-0.25, -0.2) is 0 Å². The largest absolute Gasteiger partial charge is 0.389 e. The van der Waals surface area contributed by atoms with Gasteiger partial charge < -0.3 is 15.3 Å². The van der Waals surface area contributed by atoms with E-state index in [1.165, 1.54) is 0 Å². The Labute approximate surface area is 81.7 Å². The van der Waals surface area contributed by atoms with Crippen molar-refractivity contribution < 1.29 is 15.3 Å². The minimum atomic E-state index is -1.07. The first-order chi connectivity index (χ1) is 6.16. The van der Waals surface area contributed by atoms with E-state index in [0.29, 0.717) is 5.75 Å². The molecule has 0 spiro atoms. The fourth-order valence-electron chi connectivity index (χ4n) is 1.27. The van der Waals surface area contributed by atoms with Crippen molar-refractivity contribution in [3.05, 3.63) is 12.7 Å². The second kappa shape index (κ2) is 4.97. The molecule has 13 heavy (non-hydrogen) atoms. The quantitative estimate of drug-likeness (QED) is 0.347. The van der Waals surface area contributed by atoms with E-state index in [2.05, 4.69) is 11.9 Å². The molecular formula is C8H15NO3S. The summed E-state index contributed by atoms with van der Waals surface area (Å²) in [6.45, 7) is 3.57. The van der Waals surface area contributed by atoms with Crippen LogP contribution in [0.25, 0.3) is 0 Å². The molecule has 1 aliphatic heterocycles. The fraction of sp³-hybridized carbons (Fsp3) is 0.750. The number of thioether (sulfide) groups is 1. The molecule has 0 aromatic carbocycles. The molecule has 0 aromatic heterocycles. The van der Waals surface area contributed by atoms with E-state index in [9.17, 15) is 10.2 Å². The van der Waals surface area contributed by atoms with Gasteiger partial charge in [0.25, 0.3) is 0 Å². The number of aliphatic hydroxyl groups excluding tert-OH is 3. The number of nitrogens with one attached hydrogen (secondary N) is 1. The molecule has 4 N–H and O–H groups in total. The molecule has 4 atom stereocenters.